The van der Waals surface area contributed by atoms with Crippen LogP contribution in [0.2, 0.25) is 0 Å². The number of benzene rings is 1. The van der Waals surface area contributed by atoms with Gasteiger partial charge in [-0.05, 0) is 49.1 Å². The molecule has 1 aliphatic carbocycles. The first-order valence-corrected chi connectivity index (χ1v) is 7.81. The van der Waals surface area contributed by atoms with Gasteiger partial charge in [0.25, 0.3) is 5.91 Å². The second-order valence-corrected chi connectivity index (χ2v) is 6.38. The lowest BCUT2D eigenvalue weighted by Gasteiger charge is -2.09. The summed E-state index contributed by atoms with van der Waals surface area (Å²) >= 11 is 1.80. The summed E-state index contributed by atoms with van der Waals surface area (Å²) in [6, 6.07) is 7.29. The lowest BCUT2D eigenvalue weighted by atomic mass is 10.1. The summed E-state index contributed by atoms with van der Waals surface area (Å²) in [6.07, 6.45) is 3.61. The van der Waals surface area contributed by atoms with Gasteiger partial charge in [-0.2, -0.15) is 0 Å². The van der Waals surface area contributed by atoms with Gasteiger partial charge in [-0.15, -0.1) is 11.3 Å². The monoisotopic (exact) mass is 302 g/mol. The molecule has 1 heterocycles. The molecule has 0 saturated heterocycles. The zero-order valence-corrected chi connectivity index (χ0v) is 12.8. The lowest BCUT2D eigenvalue weighted by Crippen LogP contribution is -2.23. The number of rotatable bonds is 4. The van der Waals surface area contributed by atoms with Gasteiger partial charge in [-0.1, -0.05) is 0 Å². The van der Waals surface area contributed by atoms with Gasteiger partial charge in [0.1, 0.15) is 5.75 Å². The van der Waals surface area contributed by atoms with E-state index in [9.17, 15) is 4.79 Å². The number of hydrogen-bond acceptors (Lipinski definition) is 4. The molecule has 3 rings (SSSR count). The highest BCUT2D eigenvalue weighted by atomic mass is 32.1. The standard InChI is InChI=1S/C16H18N2O2S/c1-20-14-6-5-11(17)8-13(14)16(19)18-9-12-7-10-3-2-4-15(10)21-12/h5-8H,2-4,9,17H2,1H3,(H,18,19). The van der Waals surface area contributed by atoms with E-state index in [1.54, 1.807) is 36.6 Å². The van der Waals surface area contributed by atoms with Gasteiger partial charge in [0, 0.05) is 15.4 Å². The van der Waals surface area contributed by atoms with Crippen molar-refractivity contribution in [2.24, 2.45) is 0 Å². The average Bonchev–Trinajstić information content (AvgIpc) is 3.05. The molecule has 3 N–H and O–H groups in total. The first-order chi connectivity index (χ1) is 10.2. The molecular formula is C16H18N2O2S. The summed E-state index contributed by atoms with van der Waals surface area (Å²) in [5.41, 5.74) is 8.22. The SMILES string of the molecule is COc1ccc(N)cc1C(=O)NCc1cc2c(s1)CCC2. The number of carbonyl (C=O) groups is 1. The Bertz CT molecular complexity index is 657. The third-order valence-corrected chi connectivity index (χ3v) is 4.93. The van der Waals surface area contributed by atoms with Crippen molar-refractivity contribution in [2.45, 2.75) is 25.8 Å². The maximum absolute atomic E-state index is 12.3. The molecule has 0 atom stereocenters. The molecule has 5 heteroatoms. The molecule has 0 unspecified atom stereocenters. The number of amides is 1. The van der Waals surface area contributed by atoms with E-state index in [0.717, 1.165) is 0 Å². The molecule has 2 aromatic rings. The van der Waals surface area contributed by atoms with Gasteiger partial charge >= 0.3 is 0 Å². The van der Waals surface area contributed by atoms with Gasteiger partial charge in [-0.3, -0.25) is 4.79 Å². The molecule has 0 spiro atoms. The second-order valence-electron chi connectivity index (χ2n) is 5.16. The first-order valence-electron chi connectivity index (χ1n) is 6.99. The lowest BCUT2D eigenvalue weighted by molar-refractivity contribution is 0.0948. The van der Waals surface area contributed by atoms with Crippen molar-refractivity contribution in [1.82, 2.24) is 5.32 Å². The van der Waals surface area contributed by atoms with Gasteiger partial charge in [-0.25, -0.2) is 0 Å². The first kappa shape index (κ1) is 13.9. The normalized spacial score (nSPS) is 13.0. The minimum atomic E-state index is -0.160. The number of nitrogens with one attached hydrogen (secondary N) is 1. The van der Waals surface area contributed by atoms with Crippen molar-refractivity contribution >= 4 is 22.9 Å². The summed E-state index contributed by atoms with van der Waals surface area (Å²) in [5, 5.41) is 2.94. The molecule has 110 valence electrons. The van der Waals surface area contributed by atoms with Crippen LogP contribution in [-0.2, 0) is 19.4 Å². The second kappa shape index (κ2) is 5.77. The highest BCUT2D eigenvalue weighted by molar-refractivity contribution is 7.12. The highest BCUT2D eigenvalue weighted by Gasteiger charge is 2.16. The molecule has 0 fully saturated rings. The molecule has 0 bridgehead atoms. The fourth-order valence-electron chi connectivity index (χ4n) is 2.64. The third kappa shape index (κ3) is 2.88. The number of nitrogen functional groups attached to an aromatic ring is 1. The maximum Gasteiger partial charge on any atom is 0.255 e. The number of carbonyl (C=O) groups excluding carboxylic acids is 1. The predicted octanol–water partition coefficient (Wildman–Crippen LogP) is 2.76. The summed E-state index contributed by atoms with van der Waals surface area (Å²) in [6.45, 7) is 0.550. The van der Waals surface area contributed by atoms with Crippen LogP contribution < -0.4 is 15.8 Å². The average molecular weight is 302 g/mol. The van der Waals surface area contributed by atoms with Crippen LogP contribution in [0.25, 0.3) is 0 Å². The van der Waals surface area contributed by atoms with Crippen LogP contribution in [0.3, 0.4) is 0 Å². The Morgan fingerprint density at radius 3 is 3.00 bits per heavy atom. The number of nitrogens with two attached hydrogens (primary N) is 1. The van der Waals surface area contributed by atoms with Crippen molar-refractivity contribution in [2.75, 3.05) is 12.8 Å². The molecular weight excluding hydrogens is 284 g/mol. The number of thiophene rings is 1. The van der Waals surface area contributed by atoms with Crippen molar-refractivity contribution < 1.29 is 9.53 Å². The van der Waals surface area contributed by atoms with E-state index in [0.29, 0.717) is 23.5 Å². The van der Waals surface area contributed by atoms with Crippen LogP contribution in [0.5, 0.6) is 5.75 Å². The summed E-state index contributed by atoms with van der Waals surface area (Å²) in [5.74, 6) is 0.378. The van der Waals surface area contributed by atoms with Crippen molar-refractivity contribution in [3.63, 3.8) is 0 Å². The minimum absolute atomic E-state index is 0.160. The fourth-order valence-corrected chi connectivity index (χ4v) is 3.84. The summed E-state index contributed by atoms with van der Waals surface area (Å²) in [4.78, 5) is 15.0. The third-order valence-electron chi connectivity index (χ3n) is 3.69. The quantitative estimate of drug-likeness (QED) is 0.854. The molecule has 21 heavy (non-hydrogen) atoms. The minimum Gasteiger partial charge on any atom is -0.496 e. The number of aryl methyl sites for hydroxylation is 2. The Balaban J connectivity index is 1.70. The Kier molecular flexibility index (Phi) is 3.84. The Hall–Kier alpha value is -2.01. The molecule has 0 radical (unpaired) electrons. The molecule has 4 nitrogen and oxygen atoms in total. The van der Waals surface area contributed by atoms with Crippen LogP contribution in [0.15, 0.2) is 24.3 Å². The van der Waals surface area contributed by atoms with E-state index in [2.05, 4.69) is 11.4 Å². The Labute approximate surface area is 127 Å². The Morgan fingerprint density at radius 1 is 1.38 bits per heavy atom. The maximum atomic E-state index is 12.3. The van der Waals surface area contributed by atoms with Crippen molar-refractivity contribution in [3.05, 3.63) is 45.1 Å². The molecule has 0 aliphatic heterocycles. The van der Waals surface area contributed by atoms with Crippen molar-refractivity contribution in [3.8, 4) is 5.75 Å². The zero-order chi connectivity index (χ0) is 14.8. The number of methoxy groups -OCH3 is 1. The number of ether oxygens (including phenoxy) is 1. The van der Waals surface area contributed by atoms with Crippen LogP contribution in [0.1, 0.15) is 32.1 Å². The van der Waals surface area contributed by atoms with Crippen LogP contribution in [0, 0.1) is 0 Å². The predicted molar refractivity (Wildman–Crippen MR) is 84.9 cm³/mol. The van der Waals surface area contributed by atoms with Crippen LogP contribution in [-0.4, -0.2) is 13.0 Å². The smallest absolute Gasteiger partial charge is 0.255 e. The summed E-state index contributed by atoms with van der Waals surface area (Å²) in [7, 11) is 1.55. The van der Waals surface area contributed by atoms with Crippen molar-refractivity contribution in [1.29, 1.82) is 0 Å². The highest BCUT2D eigenvalue weighted by Crippen LogP contribution is 2.30. The topological polar surface area (TPSA) is 64.3 Å². The van der Waals surface area contributed by atoms with Crippen LogP contribution >= 0.6 is 11.3 Å². The van der Waals surface area contributed by atoms with E-state index in [-0.39, 0.29) is 5.91 Å². The largest absolute Gasteiger partial charge is 0.496 e. The molecule has 1 aromatic carbocycles. The van der Waals surface area contributed by atoms with E-state index in [1.807, 2.05) is 0 Å². The van der Waals surface area contributed by atoms with E-state index >= 15 is 0 Å². The van der Waals surface area contributed by atoms with Gasteiger partial charge in [0.15, 0.2) is 0 Å². The molecule has 0 saturated carbocycles. The molecule has 1 amide bonds. The van der Waals surface area contributed by atoms with Crippen LogP contribution in [0.4, 0.5) is 5.69 Å². The number of hydrogen-bond donors (Lipinski definition) is 2. The van der Waals surface area contributed by atoms with Gasteiger partial charge in [0.2, 0.25) is 0 Å². The van der Waals surface area contributed by atoms with E-state index in [1.165, 1.54) is 34.6 Å². The fraction of sp³-hybridized carbons (Fsp3) is 0.312. The summed E-state index contributed by atoms with van der Waals surface area (Å²) < 4.78 is 5.21. The zero-order valence-electron chi connectivity index (χ0n) is 11.9. The van der Waals surface area contributed by atoms with E-state index in [4.69, 9.17) is 10.5 Å². The number of fused-ring (bicyclic) bond motifs is 1. The van der Waals surface area contributed by atoms with Gasteiger partial charge < -0.3 is 15.8 Å². The molecule has 1 aliphatic rings. The molecule has 1 aromatic heterocycles. The Morgan fingerprint density at radius 2 is 2.24 bits per heavy atom. The number of anilines is 1. The van der Waals surface area contributed by atoms with E-state index < -0.39 is 0 Å². The van der Waals surface area contributed by atoms with Gasteiger partial charge in [0.05, 0.1) is 19.2 Å².